The second-order valence-electron chi connectivity index (χ2n) is 8.29. The molecule has 1 unspecified atom stereocenters. The summed E-state index contributed by atoms with van der Waals surface area (Å²) in [6.45, 7) is 8.14. The average molecular weight is 376 g/mol. The van der Waals surface area contributed by atoms with Crippen molar-refractivity contribution in [1.82, 2.24) is 10.6 Å². The number of benzene rings is 1. The van der Waals surface area contributed by atoms with E-state index in [9.17, 15) is 9.59 Å². The topological polar surface area (TPSA) is 81.1 Å². The Morgan fingerprint density at radius 3 is 2.63 bits per heavy atom. The highest BCUT2D eigenvalue weighted by Crippen LogP contribution is 2.33. The fraction of sp³-hybridized carbons (Fsp3) is 0.600. The lowest BCUT2D eigenvalue weighted by Gasteiger charge is -2.23. The Balaban J connectivity index is 1.63. The molecule has 2 aliphatic heterocycles. The van der Waals surface area contributed by atoms with Crippen molar-refractivity contribution in [3.63, 3.8) is 0 Å². The molecule has 1 aromatic carbocycles. The van der Waals surface area contributed by atoms with Crippen molar-refractivity contribution in [2.24, 2.45) is 0 Å². The van der Waals surface area contributed by atoms with Gasteiger partial charge in [-0.1, -0.05) is 0 Å². The molecule has 148 valence electrons. The van der Waals surface area contributed by atoms with Crippen molar-refractivity contribution in [2.45, 2.75) is 51.6 Å². The first kappa shape index (κ1) is 19.5. The van der Waals surface area contributed by atoms with Crippen LogP contribution in [-0.4, -0.2) is 43.8 Å². The number of imide groups is 1. The molecule has 0 spiro atoms. The summed E-state index contributed by atoms with van der Waals surface area (Å²) in [6.07, 6.45) is 2.94. The van der Waals surface area contributed by atoms with Gasteiger partial charge in [-0.25, -0.2) is 4.79 Å². The molecule has 0 bridgehead atoms. The van der Waals surface area contributed by atoms with E-state index in [1.54, 1.807) is 0 Å². The predicted molar refractivity (Wildman–Crippen MR) is 101 cm³/mol. The van der Waals surface area contributed by atoms with Gasteiger partial charge in [0.1, 0.15) is 6.04 Å². The molecule has 3 N–H and O–H groups in total. The number of nitrogens with one attached hydrogen (secondary N) is 3. The van der Waals surface area contributed by atoms with E-state index in [1.165, 1.54) is 4.90 Å². The largest absolute Gasteiger partial charge is 0.490 e. The van der Waals surface area contributed by atoms with Crippen molar-refractivity contribution in [3.8, 4) is 11.5 Å². The summed E-state index contributed by atoms with van der Waals surface area (Å²) >= 11 is 0. The van der Waals surface area contributed by atoms with Crippen LogP contribution in [0.3, 0.4) is 0 Å². The van der Waals surface area contributed by atoms with Gasteiger partial charge in [-0.15, -0.1) is 0 Å². The molecule has 1 aromatic rings. The van der Waals surface area contributed by atoms with Crippen LogP contribution in [-0.2, 0) is 4.79 Å². The molecule has 1 fully saturated rings. The molecular weight excluding hydrogens is 346 g/mol. The molecule has 1 saturated heterocycles. The molecule has 2 aliphatic rings. The maximum Gasteiger partial charge on any atom is 0.322 e. The normalized spacial score (nSPS) is 22.0. The van der Waals surface area contributed by atoms with Crippen molar-refractivity contribution >= 4 is 11.9 Å². The van der Waals surface area contributed by atoms with Crippen molar-refractivity contribution < 1.29 is 24.0 Å². The first-order valence-electron chi connectivity index (χ1n) is 9.68. The number of likely N-dealkylation sites (tertiary alicyclic amines) is 1. The van der Waals surface area contributed by atoms with E-state index in [4.69, 9.17) is 9.47 Å². The van der Waals surface area contributed by atoms with Crippen LogP contribution in [0.25, 0.3) is 0 Å². The van der Waals surface area contributed by atoms with Gasteiger partial charge in [-0.3, -0.25) is 10.1 Å². The number of hydrogen-bond acceptors (Lipinski definition) is 4. The number of carbonyl (C=O) groups excluding carboxylic acids is 2. The smallest absolute Gasteiger partial charge is 0.322 e. The highest BCUT2D eigenvalue weighted by atomic mass is 16.5. The monoisotopic (exact) mass is 376 g/mol. The number of hydrogen-bond donors (Lipinski definition) is 3. The van der Waals surface area contributed by atoms with Crippen molar-refractivity contribution in [3.05, 3.63) is 23.8 Å². The summed E-state index contributed by atoms with van der Waals surface area (Å²) in [5.74, 6) is 1.31. The first-order valence-corrected chi connectivity index (χ1v) is 9.68. The number of carbonyl (C=O) groups is 2. The summed E-state index contributed by atoms with van der Waals surface area (Å²) in [5.41, 5.74) is 0.774. The van der Waals surface area contributed by atoms with Crippen molar-refractivity contribution in [2.75, 3.05) is 26.3 Å². The van der Waals surface area contributed by atoms with E-state index in [0.29, 0.717) is 13.2 Å². The summed E-state index contributed by atoms with van der Waals surface area (Å²) in [7, 11) is 0. The van der Waals surface area contributed by atoms with Crippen LogP contribution in [0.2, 0.25) is 0 Å². The summed E-state index contributed by atoms with van der Waals surface area (Å²) in [6, 6.07) is 5.84. The van der Waals surface area contributed by atoms with Gasteiger partial charge >= 0.3 is 6.03 Å². The molecule has 3 rings (SSSR count). The Bertz CT molecular complexity index is 699. The molecule has 2 heterocycles. The van der Waals surface area contributed by atoms with Gasteiger partial charge in [0.15, 0.2) is 18.0 Å². The lowest BCUT2D eigenvalue weighted by atomic mass is 10.0. The third kappa shape index (κ3) is 5.35. The Kier molecular flexibility index (Phi) is 5.89. The van der Waals surface area contributed by atoms with Gasteiger partial charge in [0, 0.05) is 30.4 Å². The number of quaternary nitrogens is 1. The molecule has 3 amide bonds. The molecule has 7 heteroatoms. The quantitative estimate of drug-likeness (QED) is 0.740. The maximum absolute atomic E-state index is 12.3. The Morgan fingerprint density at radius 1 is 1.15 bits per heavy atom. The SMILES string of the molecule is CC(C)(C)NC(=O)NC(=O)C[NH+]1CCC[C@H]1c1ccc2c(c1)OCCCO2. The number of urea groups is 1. The van der Waals surface area contributed by atoms with Crippen molar-refractivity contribution in [1.29, 1.82) is 0 Å². The molecular formula is C20H30N3O4+. The zero-order valence-electron chi connectivity index (χ0n) is 16.4. The first-order chi connectivity index (χ1) is 12.8. The van der Waals surface area contributed by atoms with Gasteiger partial charge in [-0.05, 0) is 39.0 Å². The minimum Gasteiger partial charge on any atom is -0.490 e. The van der Waals surface area contributed by atoms with Gasteiger partial charge in [0.25, 0.3) is 5.91 Å². The third-order valence-corrected chi connectivity index (χ3v) is 4.79. The Morgan fingerprint density at radius 2 is 1.89 bits per heavy atom. The molecule has 0 radical (unpaired) electrons. The molecule has 0 aliphatic carbocycles. The van der Waals surface area contributed by atoms with E-state index >= 15 is 0 Å². The van der Waals surface area contributed by atoms with E-state index in [1.807, 2.05) is 32.9 Å². The highest BCUT2D eigenvalue weighted by molar-refractivity contribution is 5.95. The lowest BCUT2D eigenvalue weighted by Crippen LogP contribution is -3.11. The van der Waals surface area contributed by atoms with Crippen LogP contribution in [0.1, 0.15) is 51.6 Å². The van der Waals surface area contributed by atoms with Gasteiger partial charge in [-0.2, -0.15) is 0 Å². The highest BCUT2D eigenvalue weighted by Gasteiger charge is 2.33. The summed E-state index contributed by atoms with van der Waals surface area (Å²) in [4.78, 5) is 25.4. The maximum atomic E-state index is 12.3. The number of amides is 3. The minimum absolute atomic E-state index is 0.221. The molecule has 7 nitrogen and oxygen atoms in total. The Labute approximate surface area is 160 Å². The average Bonchev–Trinajstić information content (AvgIpc) is 2.88. The fourth-order valence-corrected chi connectivity index (χ4v) is 3.67. The predicted octanol–water partition coefficient (Wildman–Crippen LogP) is 1.19. The van der Waals surface area contributed by atoms with Gasteiger partial charge in [0.05, 0.1) is 19.8 Å². The molecule has 27 heavy (non-hydrogen) atoms. The molecule has 2 atom stereocenters. The van der Waals surface area contributed by atoms with Crippen LogP contribution >= 0.6 is 0 Å². The zero-order chi connectivity index (χ0) is 19.4. The van der Waals surface area contributed by atoms with Crippen LogP contribution in [0.4, 0.5) is 4.79 Å². The van der Waals surface area contributed by atoms with Gasteiger partial charge in [0.2, 0.25) is 0 Å². The second kappa shape index (κ2) is 8.17. The van der Waals surface area contributed by atoms with E-state index in [2.05, 4.69) is 16.7 Å². The zero-order valence-corrected chi connectivity index (χ0v) is 16.4. The van der Waals surface area contributed by atoms with Gasteiger partial charge < -0.3 is 19.7 Å². The summed E-state index contributed by atoms with van der Waals surface area (Å²) < 4.78 is 11.5. The minimum atomic E-state index is -0.446. The third-order valence-electron chi connectivity index (χ3n) is 4.79. The number of fused-ring (bicyclic) bond motifs is 1. The van der Waals surface area contributed by atoms with E-state index in [0.717, 1.165) is 42.9 Å². The lowest BCUT2D eigenvalue weighted by molar-refractivity contribution is -0.910. The van der Waals surface area contributed by atoms with Crippen LogP contribution in [0, 0.1) is 0 Å². The molecule has 0 saturated carbocycles. The van der Waals surface area contributed by atoms with Crippen LogP contribution in [0.5, 0.6) is 11.5 Å². The van der Waals surface area contributed by atoms with E-state index < -0.39 is 6.03 Å². The second-order valence-corrected chi connectivity index (χ2v) is 8.29. The molecule has 0 aromatic heterocycles. The van der Waals surface area contributed by atoms with E-state index in [-0.39, 0.29) is 24.0 Å². The number of rotatable bonds is 3. The standard InChI is InChI=1S/C20H29N3O4/c1-20(2,3)22-19(25)21-18(24)13-23-9-4-6-15(23)14-7-8-16-17(12-14)27-11-5-10-26-16/h7-8,12,15H,4-6,9-11,13H2,1-3H3,(H2,21,22,24,25)/p+1/t15-/m0/s1. The fourth-order valence-electron chi connectivity index (χ4n) is 3.67. The summed E-state index contributed by atoms with van der Waals surface area (Å²) in [5, 5.41) is 5.19. The van der Waals surface area contributed by atoms with Crippen LogP contribution in [0.15, 0.2) is 18.2 Å². The van der Waals surface area contributed by atoms with Crippen LogP contribution < -0.4 is 25.0 Å². The number of ether oxygens (including phenoxy) is 2. The Hall–Kier alpha value is -2.28.